The van der Waals surface area contributed by atoms with Crippen LogP contribution in [0.4, 0.5) is 4.39 Å². The van der Waals surface area contributed by atoms with Crippen LogP contribution < -0.4 is 0 Å². The monoisotopic (exact) mass is 323 g/mol. The van der Waals surface area contributed by atoms with Crippen molar-refractivity contribution < 1.29 is 8.81 Å². The minimum absolute atomic E-state index is 0.0998. The first-order valence-corrected chi connectivity index (χ1v) is 8.64. The van der Waals surface area contributed by atoms with Crippen LogP contribution in [-0.2, 0) is 6.54 Å². The normalized spacial score (nSPS) is 22.1. The molecule has 3 heteroatoms. The maximum absolute atomic E-state index is 14.5. The predicted octanol–water partition coefficient (Wildman–Crippen LogP) is 5.20. The van der Waals surface area contributed by atoms with Gasteiger partial charge in [-0.1, -0.05) is 37.3 Å². The number of hydrogen-bond acceptors (Lipinski definition) is 2. The van der Waals surface area contributed by atoms with Gasteiger partial charge < -0.3 is 4.42 Å². The summed E-state index contributed by atoms with van der Waals surface area (Å²) in [6.07, 6.45) is 2.64. The third-order valence-corrected chi connectivity index (χ3v) is 5.23. The molecule has 0 radical (unpaired) electrons. The quantitative estimate of drug-likeness (QED) is 0.659. The third kappa shape index (κ3) is 2.84. The van der Waals surface area contributed by atoms with Crippen LogP contribution in [0.1, 0.15) is 30.4 Å². The van der Waals surface area contributed by atoms with Crippen molar-refractivity contribution in [3.63, 3.8) is 0 Å². The zero-order valence-electron chi connectivity index (χ0n) is 13.9. The van der Waals surface area contributed by atoms with E-state index in [4.69, 9.17) is 4.42 Å². The Balaban J connectivity index is 1.54. The molecule has 0 bridgehead atoms. The third-order valence-electron chi connectivity index (χ3n) is 5.23. The van der Waals surface area contributed by atoms with Gasteiger partial charge in [0.2, 0.25) is 0 Å². The number of rotatable bonds is 3. The van der Waals surface area contributed by atoms with Gasteiger partial charge in [0.15, 0.2) is 0 Å². The predicted molar refractivity (Wildman–Crippen MR) is 94.4 cm³/mol. The number of hydrogen-bond donors (Lipinski definition) is 0. The smallest absolute Gasteiger partial charge is 0.134 e. The second-order valence-corrected chi connectivity index (χ2v) is 6.89. The summed E-state index contributed by atoms with van der Waals surface area (Å²) in [4.78, 5) is 2.48. The number of furan rings is 1. The van der Waals surface area contributed by atoms with Crippen molar-refractivity contribution in [2.24, 2.45) is 5.92 Å². The number of piperidine rings is 1. The Hall–Kier alpha value is -2.13. The zero-order chi connectivity index (χ0) is 16.5. The van der Waals surface area contributed by atoms with Crippen molar-refractivity contribution in [2.45, 2.75) is 25.8 Å². The van der Waals surface area contributed by atoms with Gasteiger partial charge in [-0.05, 0) is 48.6 Å². The Kier molecular flexibility index (Phi) is 4.11. The van der Waals surface area contributed by atoms with Crippen LogP contribution in [0.3, 0.4) is 0 Å². The van der Waals surface area contributed by atoms with Crippen molar-refractivity contribution in [1.29, 1.82) is 0 Å². The first-order chi connectivity index (χ1) is 11.7. The molecule has 0 saturated carbocycles. The van der Waals surface area contributed by atoms with Gasteiger partial charge in [-0.2, -0.15) is 0 Å². The molecule has 24 heavy (non-hydrogen) atoms. The summed E-state index contributed by atoms with van der Waals surface area (Å²) >= 11 is 0. The summed E-state index contributed by atoms with van der Waals surface area (Å²) in [5.74, 6) is 0.563. The Bertz CT molecular complexity index is 826. The number of likely N-dealkylation sites (tertiary alicyclic amines) is 1. The SMILES string of the molecule is CC1CN(Cc2ccccc2)CCC1c1c(F)ccc2occc12. The van der Waals surface area contributed by atoms with E-state index in [0.29, 0.717) is 5.92 Å². The zero-order valence-corrected chi connectivity index (χ0v) is 13.9. The maximum atomic E-state index is 14.5. The maximum Gasteiger partial charge on any atom is 0.134 e. The van der Waals surface area contributed by atoms with Crippen molar-refractivity contribution in [1.82, 2.24) is 4.90 Å². The van der Waals surface area contributed by atoms with E-state index in [-0.39, 0.29) is 11.7 Å². The highest BCUT2D eigenvalue weighted by atomic mass is 19.1. The molecule has 2 aromatic carbocycles. The summed E-state index contributed by atoms with van der Waals surface area (Å²) in [7, 11) is 0. The van der Waals surface area contributed by atoms with Gasteiger partial charge in [-0.25, -0.2) is 4.39 Å². The number of nitrogens with zero attached hydrogens (tertiary/aromatic N) is 1. The molecule has 1 saturated heterocycles. The lowest BCUT2D eigenvalue weighted by Crippen LogP contribution is -2.38. The summed E-state index contributed by atoms with van der Waals surface area (Å²) < 4.78 is 20.0. The van der Waals surface area contributed by atoms with Gasteiger partial charge in [-0.3, -0.25) is 4.90 Å². The van der Waals surface area contributed by atoms with Gasteiger partial charge in [0.05, 0.1) is 6.26 Å². The fourth-order valence-corrected chi connectivity index (χ4v) is 4.06. The van der Waals surface area contributed by atoms with Crippen molar-refractivity contribution in [3.05, 3.63) is 71.7 Å². The molecular weight excluding hydrogens is 301 g/mol. The molecule has 0 spiro atoms. The summed E-state index contributed by atoms with van der Waals surface area (Å²) in [5.41, 5.74) is 2.96. The lowest BCUT2D eigenvalue weighted by molar-refractivity contribution is 0.155. The fourth-order valence-electron chi connectivity index (χ4n) is 4.06. The van der Waals surface area contributed by atoms with E-state index in [9.17, 15) is 4.39 Å². The molecule has 4 rings (SSSR count). The van der Waals surface area contributed by atoms with Crippen LogP contribution in [0, 0.1) is 11.7 Å². The topological polar surface area (TPSA) is 16.4 Å². The Morgan fingerprint density at radius 1 is 1.12 bits per heavy atom. The van der Waals surface area contributed by atoms with Crippen molar-refractivity contribution >= 4 is 11.0 Å². The molecule has 2 heterocycles. The lowest BCUT2D eigenvalue weighted by atomic mass is 9.80. The highest BCUT2D eigenvalue weighted by molar-refractivity contribution is 5.81. The average Bonchev–Trinajstić information content (AvgIpc) is 3.05. The van der Waals surface area contributed by atoms with E-state index in [1.54, 1.807) is 18.4 Å². The van der Waals surface area contributed by atoms with Gasteiger partial charge in [-0.15, -0.1) is 0 Å². The molecule has 2 unspecified atom stereocenters. The van der Waals surface area contributed by atoms with Crippen LogP contribution in [0.5, 0.6) is 0 Å². The molecule has 3 aromatic rings. The van der Waals surface area contributed by atoms with Gasteiger partial charge in [0.1, 0.15) is 11.4 Å². The summed E-state index contributed by atoms with van der Waals surface area (Å²) in [6.45, 7) is 5.20. The molecule has 0 amide bonds. The van der Waals surface area contributed by atoms with Crippen LogP contribution in [0.25, 0.3) is 11.0 Å². The molecule has 2 nitrogen and oxygen atoms in total. The van der Waals surface area contributed by atoms with E-state index in [1.165, 1.54) is 5.56 Å². The molecule has 2 atom stereocenters. The molecule has 0 N–H and O–H groups in total. The first kappa shape index (κ1) is 15.4. The van der Waals surface area contributed by atoms with Crippen LogP contribution >= 0.6 is 0 Å². The van der Waals surface area contributed by atoms with Crippen LogP contribution in [-0.4, -0.2) is 18.0 Å². The van der Waals surface area contributed by atoms with E-state index >= 15 is 0 Å². The number of halogens is 1. The molecule has 1 fully saturated rings. The standard InChI is InChI=1S/C21H22FNO/c1-15-13-23(14-16-5-3-2-4-6-16)11-9-17(15)21-18-10-12-24-20(18)8-7-19(21)22/h2-8,10,12,15,17H,9,11,13-14H2,1H3. The Morgan fingerprint density at radius 3 is 2.75 bits per heavy atom. The summed E-state index contributed by atoms with van der Waals surface area (Å²) in [5, 5.41) is 0.934. The first-order valence-electron chi connectivity index (χ1n) is 8.64. The van der Waals surface area contributed by atoms with Crippen LogP contribution in [0.2, 0.25) is 0 Å². The molecule has 1 aliphatic rings. The fraction of sp³-hybridized carbons (Fsp3) is 0.333. The number of benzene rings is 2. The molecule has 124 valence electrons. The van der Waals surface area contributed by atoms with Gasteiger partial charge in [0.25, 0.3) is 0 Å². The second-order valence-electron chi connectivity index (χ2n) is 6.89. The number of fused-ring (bicyclic) bond motifs is 1. The Morgan fingerprint density at radius 2 is 1.96 bits per heavy atom. The van der Waals surface area contributed by atoms with E-state index in [1.807, 2.05) is 12.1 Å². The highest BCUT2D eigenvalue weighted by Crippen LogP contribution is 2.38. The van der Waals surface area contributed by atoms with Gasteiger partial charge >= 0.3 is 0 Å². The molecule has 1 aromatic heterocycles. The Labute approximate surface area is 141 Å². The minimum Gasteiger partial charge on any atom is -0.464 e. The van der Waals surface area contributed by atoms with Crippen molar-refractivity contribution in [2.75, 3.05) is 13.1 Å². The molecule has 1 aliphatic heterocycles. The largest absolute Gasteiger partial charge is 0.464 e. The highest BCUT2D eigenvalue weighted by Gasteiger charge is 2.30. The lowest BCUT2D eigenvalue weighted by Gasteiger charge is -2.37. The van der Waals surface area contributed by atoms with E-state index < -0.39 is 0 Å². The van der Waals surface area contributed by atoms with E-state index in [0.717, 1.165) is 42.6 Å². The molecular formula is C21H22FNO. The summed E-state index contributed by atoms with van der Waals surface area (Å²) in [6, 6.07) is 15.7. The second kappa shape index (κ2) is 6.40. The van der Waals surface area contributed by atoms with Crippen molar-refractivity contribution in [3.8, 4) is 0 Å². The van der Waals surface area contributed by atoms with Gasteiger partial charge in [0, 0.05) is 24.0 Å². The molecule has 0 aliphatic carbocycles. The minimum atomic E-state index is -0.0998. The van der Waals surface area contributed by atoms with E-state index in [2.05, 4.69) is 36.1 Å². The van der Waals surface area contributed by atoms with Crippen LogP contribution in [0.15, 0.2) is 59.2 Å². The average molecular weight is 323 g/mol.